The van der Waals surface area contributed by atoms with Gasteiger partial charge in [0.05, 0.1) is 19.1 Å². The maximum atomic E-state index is 12.1. The summed E-state index contributed by atoms with van der Waals surface area (Å²) in [4.78, 5) is 35.9. The fourth-order valence-electron chi connectivity index (χ4n) is 2.23. The van der Waals surface area contributed by atoms with Crippen molar-refractivity contribution < 1.29 is 29.0 Å². The lowest BCUT2D eigenvalue weighted by Gasteiger charge is -2.24. The summed E-state index contributed by atoms with van der Waals surface area (Å²) < 4.78 is 9.92. The van der Waals surface area contributed by atoms with Crippen LogP contribution in [0.2, 0.25) is 0 Å². The normalized spacial score (nSPS) is 19.1. The first kappa shape index (κ1) is 17.2. The highest BCUT2D eigenvalue weighted by Gasteiger charge is 2.35. The molecule has 120 valence electrons. The molecule has 8 nitrogen and oxygen atoms in total. The van der Waals surface area contributed by atoms with Gasteiger partial charge in [-0.15, -0.1) is 0 Å². The van der Waals surface area contributed by atoms with Gasteiger partial charge in [0, 0.05) is 20.2 Å². The Hall–Kier alpha value is -1.83. The van der Waals surface area contributed by atoms with Crippen molar-refractivity contribution in [3.8, 4) is 0 Å². The van der Waals surface area contributed by atoms with Crippen molar-refractivity contribution in [1.82, 2.24) is 10.2 Å². The second-order valence-corrected chi connectivity index (χ2v) is 4.75. The summed E-state index contributed by atoms with van der Waals surface area (Å²) >= 11 is 0. The highest BCUT2D eigenvalue weighted by Crippen LogP contribution is 2.18. The highest BCUT2D eigenvalue weighted by atomic mass is 16.5. The van der Waals surface area contributed by atoms with E-state index < -0.39 is 30.1 Å². The molecule has 1 rings (SSSR count). The predicted molar refractivity (Wildman–Crippen MR) is 72.8 cm³/mol. The summed E-state index contributed by atoms with van der Waals surface area (Å²) in [5.74, 6) is -1.40. The van der Waals surface area contributed by atoms with Crippen molar-refractivity contribution in [3.05, 3.63) is 0 Å². The molecule has 0 radical (unpaired) electrons. The fraction of sp³-hybridized carbons (Fsp3) is 0.769. The SMILES string of the molecule is CCOC(=O)C1CCCN1C(=O)NCC(CC(=O)O)OC. The second-order valence-electron chi connectivity index (χ2n) is 4.75. The number of ether oxygens (including phenoxy) is 2. The third kappa shape index (κ3) is 5.22. The molecule has 0 aliphatic carbocycles. The van der Waals surface area contributed by atoms with E-state index in [1.165, 1.54) is 12.0 Å². The summed E-state index contributed by atoms with van der Waals surface area (Å²) in [6, 6.07) is -0.969. The number of carbonyl (C=O) groups is 3. The number of aliphatic carboxylic acids is 1. The summed E-state index contributed by atoms with van der Waals surface area (Å²) in [5.41, 5.74) is 0. The molecule has 21 heavy (non-hydrogen) atoms. The fourth-order valence-corrected chi connectivity index (χ4v) is 2.23. The van der Waals surface area contributed by atoms with Crippen molar-refractivity contribution in [3.63, 3.8) is 0 Å². The van der Waals surface area contributed by atoms with Gasteiger partial charge in [-0.1, -0.05) is 0 Å². The van der Waals surface area contributed by atoms with Crippen molar-refractivity contribution >= 4 is 18.0 Å². The van der Waals surface area contributed by atoms with Gasteiger partial charge in [-0.3, -0.25) is 4.79 Å². The average molecular weight is 302 g/mol. The maximum absolute atomic E-state index is 12.1. The average Bonchev–Trinajstić information content (AvgIpc) is 2.92. The van der Waals surface area contributed by atoms with E-state index in [1.807, 2.05) is 0 Å². The Labute approximate surface area is 123 Å². The highest BCUT2D eigenvalue weighted by molar-refractivity contribution is 5.84. The first-order valence-electron chi connectivity index (χ1n) is 6.95. The standard InChI is InChI=1S/C13H22N2O6/c1-3-21-12(18)10-5-4-6-15(10)13(19)14-8-9(20-2)7-11(16)17/h9-10H,3-8H2,1-2H3,(H,14,19)(H,16,17). The van der Waals surface area contributed by atoms with Crippen LogP contribution in [0.1, 0.15) is 26.2 Å². The Kier molecular flexibility index (Phi) is 6.93. The number of urea groups is 1. The van der Waals surface area contributed by atoms with Gasteiger partial charge < -0.3 is 24.8 Å². The lowest BCUT2D eigenvalue weighted by molar-refractivity contribution is -0.147. The van der Waals surface area contributed by atoms with E-state index in [1.54, 1.807) is 6.92 Å². The quantitative estimate of drug-likeness (QED) is 0.651. The first-order chi connectivity index (χ1) is 9.99. The Morgan fingerprint density at radius 1 is 1.43 bits per heavy atom. The third-order valence-electron chi connectivity index (χ3n) is 3.29. The lowest BCUT2D eigenvalue weighted by Crippen LogP contribution is -2.48. The second kappa shape index (κ2) is 8.46. The van der Waals surface area contributed by atoms with E-state index in [9.17, 15) is 14.4 Å². The van der Waals surface area contributed by atoms with E-state index in [-0.39, 0.29) is 19.6 Å². The van der Waals surface area contributed by atoms with Crippen molar-refractivity contribution in [2.24, 2.45) is 0 Å². The smallest absolute Gasteiger partial charge is 0.328 e. The van der Waals surface area contributed by atoms with Crippen LogP contribution in [0.15, 0.2) is 0 Å². The van der Waals surface area contributed by atoms with Crippen LogP contribution in [-0.2, 0) is 19.1 Å². The summed E-state index contributed by atoms with van der Waals surface area (Å²) in [6.45, 7) is 2.54. The van der Waals surface area contributed by atoms with E-state index in [4.69, 9.17) is 14.6 Å². The monoisotopic (exact) mass is 302 g/mol. The number of hydrogen-bond acceptors (Lipinski definition) is 5. The zero-order valence-corrected chi connectivity index (χ0v) is 12.3. The molecule has 8 heteroatoms. The van der Waals surface area contributed by atoms with Gasteiger partial charge in [0.2, 0.25) is 0 Å². The number of rotatable bonds is 7. The van der Waals surface area contributed by atoms with Gasteiger partial charge in [-0.05, 0) is 19.8 Å². The summed E-state index contributed by atoms with van der Waals surface area (Å²) in [6.07, 6.45) is 0.516. The number of nitrogens with one attached hydrogen (secondary N) is 1. The Morgan fingerprint density at radius 3 is 2.71 bits per heavy atom. The molecular formula is C13H22N2O6. The number of likely N-dealkylation sites (tertiary alicyclic amines) is 1. The molecule has 0 aromatic heterocycles. The molecule has 1 aliphatic rings. The molecule has 2 atom stereocenters. The molecule has 1 heterocycles. The number of carboxylic acids is 1. The lowest BCUT2D eigenvalue weighted by atomic mass is 10.2. The van der Waals surface area contributed by atoms with Gasteiger partial charge in [-0.25, -0.2) is 9.59 Å². The molecule has 0 saturated carbocycles. The van der Waals surface area contributed by atoms with E-state index in [0.717, 1.165) is 6.42 Å². The van der Waals surface area contributed by atoms with Crippen LogP contribution in [0.5, 0.6) is 0 Å². The zero-order valence-electron chi connectivity index (χ0n) is 12.3. The van der Waals surface area contributed by atoms with Crippen LogP contribution in [0.3, 0.4) is 0 Å². The molecule has 2 N–H and O–H groups in total. The number of methoxy groups -OCH3 is 1. The summed E-state index contributed by atoms with van der Waals surface area (Å²) in [5, 5.41) is 11.3. The van der Waals surface area contributed by atoms with Crippen LogP contribution in [-0.4, -0.2) is 66.9 Å². The van der Waals surface area contributed by atoms with Crippen LogP contribution in [0, 0.1) is 0 Å². The summed E-state index contributed by atoms with van der Waals surface area (Å²) in [7, 11) is 1.39. The molecule has 0 aromatic carbocycles. The molecule has 1 aliphatic heterocycles. The van der Waals surface area contributed by atoms with Crippen LogP contribution >= 0.6 is 0 Å². The van der Waals surface area contributed by atoms with E-state index in [2.05, 4.69) is 5.32 Å². The molecule has 0 bridgehead atoms. The van der Waals surface area contributed by atoms with Gasteiger partial charge in [0.25, 0.3) is 0 Å². The Morgan fingerprint density at radius 2 is 2.14 bits per heavy atom. The van der Waals surface area contributed by atoms with E-state index >= 15 is 0 Å². The molecule has 0 spiro atoms. The van der Waals surface area contributed by atoms with Crippen molar-refractivity contribution in [2.75, 3.05) is 26.8 Å². The minimum absolute atomic E-state index is 0.0771. The molecule has 2 unspecified atom stereocenters. The Balaban J connectivity index is 2.50. The number of esters is 1. The van der Waals surface area contributed by atoms with Crippen LogP contribution < -0.4 is 5.32 Å². The largest absolute Gasteiger partial charge is 0.481 e. The Bertz CT molecular complexity index is 387. The maximum Gasteiger partial charge on any atom is 0.328 e. The molecule has 1 fully saturated rings. The van der Waals surface area contributed by atoms with E-state index in [0.29, 0.717) is 13.0 Å². The van der Waals surface area contributed by atoms with Gasteiger partial charge in [0.15, 0.2) is 0 Å². The zero-order chi connectivity index (χ0) is 15.8. The van der Waals surface area contributed by atoms with Crippen molar-refractivity contribution in [2.45, 2.75) is 38.3 Å². The number of amides is 2. The number of carbonyl (C=O) groups excluding carboxylic acids is 2. The van der Waals surface area contributed by atoms with Crippen LogP contribution in [0.25, 0.3) is 0 Å². The molecule has 1 saturated heterocycles. The van der Waals surface area contributed by atoms with Gasteiger partial charge in [-0.2, -0.15) is 0 Å². The number of carboxylic acid groups (broad SMARTS) is 1. The van der Waals surface area contributed by atoms with Crippen molar-refractivity contribution in [1.29, 1.82) is 0 Å². The number of nitrogens with zero attached hydrogens (tertiary/aromatic N) is 1. The minimum atomic E-state index is -0.998. The third-order valence-corrected chi connectivity index (χ3v) is 3.29. The topological polar surface area (TPSA) is 105 Å². The first-order valence-corrected chi connectivity index (χ1v) is 6.95. The molecule has 0 aromatic rings. The van der Waals surface area contributed by atoms with Gasteiger partial charge >= 0.3 is 18.0 Å². The number of hydrogen-bond donors (Lipinski definition) is 2. The minimum Gasteiger partial charge on any atom is -0.481 e. The predicted octanol–water partition coefficient (Wildman–Crippen LogP) is 0.213. The molecular weight excluding hydrogens is 280 g/mol. The van der Waals surface area contributed by atoms with Crippen LogP contribution in [0.4, 0.5) is 4.79 Å². The molecule has 2 amide bonds. The van der Waals surface area contributed by atoms with Gasteiger partial charge in [0.1, 0.15) is 6.04 Å².